The summed E-state index contributed by atoms with van der Waals surface area (Å²) in [7, 11) is 0. The minimum absolute atomic E-state index is 0.0553. The summed E-state index contributed by atoms with van der Waals surface area (Å²) in [5.74, 6) is -0.993. The number of fused-ring (bicyclic) bond motifs is 1. The van der Waals surface area contributed by atoms with Gasteiger partial charge in [-0.3, -0.25) is 4.79 Å². The number of benzene rings is 2. The molecule has 12 heteroatoms. The fourth-order valence-corrected chi connectivity index (χ4v) is 3.44. The Kier molecular flexibility index (Phi) is 5.76. The Balaban J connectivity index is 1.80. The second kappa shape index (κ2) is 8.32. The predicted molar refractivity (Wildman–Crippen MR) is 113 cm³/mol. The Bertz CT molecular complexity index is 1390. The average Bonchev–Trinajstić information content (AvgIpc) is 3.17. The molecule has 0 saturated carbocycles. The molecule has 2 heterocycles. The number of amides is 1. The molecule has 34 heavy (non-hydrogen) atoms. The number of anilines is 1. The molecule has 4 rings (SSSR count). The number of aromatic nitrogens is 3. The highest BCUT2D eigenvalue weighted by Gasteiger charge is 2.36. The Morgan fingerprint density at radius 3 is 2.26 bits per heavy atom. The van der Waals surface area contributed by atoms with Crippen LogP contribution < -0.4 is 5.32 Å². The third kappa shape index (κ3) is 4.56. The highest BCUT2D eigenvalue weighted by molar-refractivity contribution is 6.31. The molecule has 4 aromatic rings. The van der Waals surface area contributed by atoms with Crippen LogP contribution in [0.15, 0.2) is 54.7 Å². The van der Waals surface area contributed by atoms with Crippen LogP contribution in [0.3, 0.4) is 0 Å². The molecular weight excluding hydrogens is 486 g/mol. The molecule has 0 fully saturated rings. The van der Waals surface area contributed by atoms with Crippen LogP contribution in [0.25, 0.3) is 16.9 Å². The first-order chi connectivity index (χ1) is 15.8. The molecule has 0 unspecified atom stereocenters. The number of hydrogen-bond acceptors (Lipinski definition) is 3. The van der Waals surface area contributed by atoms with E-state index in [-0.39, 0.29) is 16.9 Å². The second-order valence-electron chi connectivity index (χ2n) is 7.33. The number of rotatable bonds is 3. The SMILES string of the molecule is Cc1ccc(-c2cc(C(F)(F)F)n3ncc(C(=O)Nc4ccc(Cl)c(C(F)(F)F)c4)c3n2)cc1. The molecule has 1 N–H and O–H groups in total. The van der Waals surface area contributed by atoms with Crippen LogP contribution in [0, 0.1) is 6.92 Å². The molecule has 1 amide bonds. The monoisotopic (exact) mass is 498 g/mol. The highest BCUT2D eigenvalue weighted by Crippen LogP contribution is 2.37. The van der Waals surface area contributed by atoms with Crippen molar-refractivity contribution in [2.24, 2.45) is 0 Å². The first-order valence-corrected chi connectivity index (χ1v) is 9.93. The number of hydrogen-bond donors (Lipinski definition) is 1. The number of nitrogens with one attached hydrogen (secondary N) is 1. The summed E-state index contributed by atoms with van der Waals surface area (Å²) in [6.07, 6.45) is -8.72. The summed E-state index contributed by atoms with van der Waals surface area (Å²) >= 11 is 5.58. The van der Waals surface area contributed by atoms with Gasteiger partial charge in [-0.2, -0.15) is 31.4 Å². The summed E-state index contributed by atoms with van der Waals surface area (Å²) in [5, 5.41) is 5.30. The number of alkyl halides is 6. The maximum Gasteiger partial charge on any atom is 0.433 e. The number of carbonyl (C=O) groups excluding carboxylic acids is 1. The zero-order valence-corrected chi connectivity index (χ0v) is 17.8. The van der Waals surface area contributed by atoms with Crippen LogP contribution in [-0.4, -0.2) is 20.5 Å². The predicted octanol–water partition coefficient (Wildman–Crippen LogP) is 6.65. The van der Waals surface area contributed by atoms with Crippen molar-refractivity contribution in [1.29, 1.82) is 0 Å². The number of aryl methyl sites for hydroxylation is 1. The Hall–Kier alpha value is -3.60. The number of carbonyl (C=O) groups is 1. The fourth-order valence-electron chi connectivity index (χ4n) is 3.22. The van der Waals surface area contributed by atoms with Crippen molar-refractivity contribution in [3.63, 3.8) is 0 Å². The van der Waals surface area contributed by atoms with Gasteiger partial charge in [-0.1, -0.05) is 41.4 Å². The van der Waals surface area contributed by atoms with E-state index in [0.717, 1.165) is 30.0 Å². The molecule has 0 aliphatic rings. The molecule has 5 nitrogen and oxygen atoms in total. The smallest absolute Gasteiger partial charge is 0.322 e. The minimum Gasteiger partial charge on any atom is -0.322 e. The van der Waals surface area contributed by atoms with Crippen molar-refractivity contribution < 1.29 is 31.1 Å². The molecule has 2 aromatic carbocycles. The first kappa shape index (κ1) is 23.6. The zero-order valence-electron chi connectivity index (χ0n) is 17.1. The Morgan fingerprint density at radius 1 is 0.971 bits per heavy atom. The lowest BCUT2D eigenvalue weighted by Gasteiger charge is -2.13. The van der Waals surface area contributed by atoms with E-state index < -0.39 is 40.2 Å². The van der Waals surface area contributed by atoms with Crippen molar-refractivity contribution in [3.05, 3.63) is 82.1 Å². The summed E-state index contributed by atoms with van der Waals surface area (Å²) in [6, 6.07) is 10.1. The van der Waals surface area contributed by atoms with Gasteiger partial charge in [-0.15, -0.1) is 0 Å². The molecular formula is C22H13ClF6N4O. The van der Waals surface area contributed by atoms with Gasteiger partial charge in [0.1, 0.15) is 5.56 Å². The molecule has 0 aliphatic heterocycles. The highest BCUT2D eigenvalue weighted by atomic mass is 35.5. The summed E-state index contributed by atoms with van der Waals surface area (Å²) in [5.41, 5.74) is -2.17. The number of halogens is 7. The van der Waals surface area contributed by atoms with Crippen LogP contribution in [0.5, 0.6) is 0 Å². The van der Waals surface area contributed by atoms with E-state index in [0.29, 0.717) is 16.1 Å². The van der Waals surface area contributed by atoms with Crippen LogP contribution in [-0.2, 0) is 12.4 Å². The van der Waals surface area contributed by atoms with Crippen LogP contribution in [0.2, 0.25) is 5.02 Å². The topological polar surface area (TPSA) is 59.3 Å². The standard InChI is InChI=1S/C22H13ClF6N4O/c1-11-2-4-12(5-3-11)17-9-18(22(27,28)29)33-19(32-17)14(10-30-33)20(34)31-13-6-7-16(23)15(8-13)21(24,25)26/h2-10H,1H3,(H,31,34). The van der Waals surface area contributed by atoms with E-state index >= 15 is 0 Å². The van der Waals surface area contributed by atoms with E-state index in [4.69, 9.17) is 11.6 Å². The van der Waals surface area contributed by atoms with Gasteiger partial charge in [0.05, 0.1) is 22.5 Å². The summed E-state index contributed by atoms with van der Waals surface area (Å²) in [4.78, 5) is 17.0. The lowest BCUT2D eigenvalue weighted by molar-refractivity contribution is -0.142. The Labute approximate surface area is 193 Å². The van der Waals surface area contributed by atoms with E-state index in [1.165, 1.54) is 0 Å². The lowest BCUT2D eigenvalue weighted by atomic mass is 10.1. The van der Waals surface area contributed by atoms with Crippen LogP contribution >= 0.6 is 11.6 Å². The molecule has 0 spiro atoms. The maximum absolute atomic E-state index is 13.7. The molecule has 0 aliphatic carbocycles. The minimum atomic E-state index is -4.82. The van der Waals surface area contributed by atoms with Crippen molar-refractivity contribution >= 4 is 28.8 Å². The van der Waals surface area contributed by atoms with Crippen LogP contribution in [0.4, 0.5) is 32.0 Å². The molecule has 2 aromatic heterocycles. The van der Waals surface area contributed by atoms with Gasteiger partial charge in [0, 0.05) is 11.3 Å². The van der Waals surface area contributed by atoms with Crippen molar-refractivity contribution in [2.45, 2.75) is 19.3 Å². The average molecular weight is 499 g/mol. The molecule has 0 atom stereocenters. The van der Waals surface area contributed by atoms with Gasteiger partial charge < -0.3 is 5.32 Å². The van der Waals surface area contributed by atoms with E-state index in [9.17, 15) is 31.1 Å². The third-order valence-corrected chi connectivity index (χ3v) is 5.21. The largest absolute Gasteiger partial charge is 0.433 e. The van der Waals surface area contributed by atoms with Crippen molar-refractivity contribution in [2.75, 3.05) is 5.32 Å². The second-order valence-corrected chi connectivity index (χ2v) is 7.74. The fraction of sp³-hybridized carbons (Fsp3) is 0.136. The first-order valence-electron chi connectivity index (χ1n) is 9.56. The van der Waals surface area contributed by atoms with Gasteiger partial charge in [0.25, 0.3) is 5.91 Å². The van der Waals surface area contributed by atoms with Crippen molar-refractivity contribution in [3.8, 4) is 11.3 Å². The molecule has 0 saturated heterocycles. The van der Waals surface area contributed by atoms with Crippen LogP contribution in [0.1, 0.15) is 27.2 Å². The normalized spacial score (nSPS) is 12.2. The third-order valence-electron chi connectivity index (χ3n) is 4.88. The quantitative estimate of drug-likeness (QED) is 0.322. The molecule has 0 radical (unpaired) electrons. The number of nitrogens with zero attached hydrogens (tertiary/aromatic N) is 3. The lowest BCUT2D eigenvalue weighted by Crippen LogP contribution is -2.16. The van der Waals surface area contributed by atoms with Crippen molar-refractivity contribution in [1.82, 2.24) is 14.6 Å². The Morgan fingerprint density at radius 2 is 1.65 bits per heavy atom. The van der Waals surface area contributed by atoms with E-state index in [1.54, 1.807) is 24.3 Å². The van der Waals surface area contributed by atoms with Gasteiger partial charge in [-0.05, 0) is 31.2 Å². The summed E-state index contributed by atoms with van der Waals surface area (Å²) in [6.45, 7) is 1.81. The van der Waals surface area contributed by atoms with E-state index in [2.05, 4.69) is 15.4 Å². The van der Waals surface area contributed by atoms with Gasteiger partial charge >= 0.3 is 12.4 Å². The van der Waals surface area contributed by atoms with Gasteiger partial charge in [0.15, 0.2) is 11.3 Å². The molecule has 176 valence electrons. The van der Waals surface area contributed by atoms with Gasteiger partial charge in [0.2, 0.25) is 0 Å². The van der Waals surface area contributed by atoms with E-state index in [1.807, 2.05) is 6.92 Å². The summed E-state index contributed by atoms with van der Waals surface area (Å²) < 4.78 is 81.0. The van der Waals surface area contributed by atoms with Gasteiger partial charge in [-0.25, -0.2) is 9.50 Å². The maximum atomic E-state index is 13.7. The molecule has 0 bridgehead atoms. The zero-order chi connectivity index (χ0) is 24.8.